The van der Waals surface area contributed by atoms with Gasteiger partial charge in [0.25, 0.3) is 5.91 Å². The molecule has 6 heteroatoms. The van der Waals surface area contributed by atoms with Crippen molar-refractivity contribution < 1.29 is 18.7 Å². The first-order chi connectivity index (χ1) is 14.7. The van der Waals surface area contributed by atoms with Gasteiger partial charge in [-0.25, -0.2) is 0 Å². The van der Waals surface area contributed by atoms with Crippen molar-refractivity contribution in [2.24, 2.45) is 0 Å². The number of carbonyl (C=O) groups excluding carboxylic acids is 1. The number of unbranched alkanes of at least 4 members (excludes halogenated alkanes) is 1. The predicted molar refractivity (Wildman–Crippen MR) is 114 cm³/mol. The smallest absolute Gasteiger partial charge is 0.290 e. The summed E-state index contributed by atoms with van der Waals surface area (Å²) >= 11 is 0. The molecule has 1 aliphatic heterocycles. The molecule has 2 heterocycles. The third kappa shape index (κ3) is 3.59. The van der Waals surface area contributed by atoms with Crippen LogP contribution in [0.2, 0.25) is 0 Å². The Morgan fingerprint density at radius 2 is 1.90 bits per heavy atom. The zero-order valence-corrected chi connectivity index (χ0v) is 17.2. The Labute approximate surface area is 175 Å². The molecule has 0 fully saturated rings. The van der Waals surface area contributed by atoms with E-state index in [0.29, 0.717) is 36.3 Å². The van der Waals surface area contributed by atoms with Crippen molar-refractivity contribution in [3.05, 3.63) is 75.6 Å². The average molecular weight is 407 g/mol. The molecule has 1 aliphatic rings. The van der Waals surface area contributed by atoms with Crippen LogP contribution in [0.4, 0.5) is 0 Å². The summed E-state index contributed by atoms with van der Waals surface area (Å²) in [6.07, 6.45) is 2.01. The fraction of sp³-hybridized carbons (Fsp3) is 0.333. The van der Waals surface area contributed by atoms with E-state index in [-0.39, 0.29) is 17.1 Å². The second kappa shape index (κ2) is 8.71. The SMILES string of the molecule is CCCCOc1cccc([C@@H]2c3c(oc4ccccc4c3=O)C(=O)N2CCOC)c1. The second-order valence-corrected chi connectivity index (χ2v) is 7.34. The van der Waals surface area contributed by atoms with Crippen LogP contribution in [0.3, 0.4) is 0 Å². The standard InChI is InChI=1S/C24H25NO5/c1-3-4-13-29-17-9-7-8-16(15-17)21-20-22(26)18-10-5-6-11-19(18)30-23(20)24(27)25(21)12-14-28-2/h5-11,15,21H,3-4,12-14H2,1-2H3/t21-/m1/s1. The van der Waals surface area contributed by atoms with Crippen molar-refractivity contribution in [1.82, 2.24) is 4.90 Å². The van der Waals surface area contributed by atoms with E-state index >= 15 is 0 Å². The topological polar surface area (TPSA) is 69.0 Å². The lowest BCUT2D eigenvalue weighted by molar-refractivity contribution is 0.0663. The van der Waals surface area contributed by atoms with Gasteiger partial charge in [-0.15, -0.1) is 0 Å². The number of rotatable bonds is 8. The van der Waals surface area contributed by atoms with Crippen molar-refractivity contribution in [3.63, 3.8) is 0 Å². The Kier molecular flexibility index (Phi) is 5.86. The van der Waals surface area contributed by atoms with Crippen molar-refractivity contribution in [1.29, 1.82) is 0 Å². The minimum absolute atomic E-state index is 0.108. The Morgan fingerprint density at radius 3 is 2.70 bits per heavy atom. The maximum Gasteiger partial charge on any atom is 0.290 e. The number of ether oxygens (including phenoxy) is 2. The molecule has 3 aromatic rings. The van der Waals surface area contributed by atoms with Crippen LogP contribution in [0.15, 0.2) is 57.7 Å². The molecule has 1 amide bonds. The molecule has 0 saturated carbocycles. The molecule has 6 nitrogen and oxygen atoms in total. The van der Waals surface area contributed by atoms with Crippen molar-refractivity contribution in [2.45, 2.75) is 25.8 Å². The molecule has 0 spiro atoms. The van der Waals surface area contributed by atoms with Crippen LogP contribution >= 0.6 is 0 Å². The number of carbonyl (C=O) groups is 1. The maximum atomic E-state index is 13.4. The molecule has 0 saturated heterocycles. The summed E-state index contributed by atoms with van der Waals surface area (Å²) in [4.78, 5) is 28.2. The van der Waals surface area contributed by atoms with E-state index in [0.717, 1.165) is 24.2 Å². The van der Waals surface area contributed by atoms with Crippen LogP contribution < -0.4 is 10.2 Å². The van der Waals surface area contributed by atoms with E-state index in [9.17, 15) is 9.59 Å². The number of methoxy groups -OCH3 is 1. The number of benzene rings is 2. The molecule has 0 bridgehead atoms. The third-order valence-corrected chi connectivity index (χ3v) is 5.35. The lowest BCUT2D eigenvalue weighted by Crippen LogP contribution is -2.32. The number of fused-ring (bicyclic) bond motifs is 2. The first kappa shape index (κ1) is 20.2. The van der Waals surface area contributed by atoms with Gasteiger partial charge in [0.05, 0.1) is 30.2 Å². The molecule has 4 rings (SSSR count). The molecule has 0 aliphatic carbocycles. The fourth-order valence-corrected chi connectivity index (χ4v) is 3.84. The van der Waals surface area contributed by atoms with Gasteiger partial charge in [0.15, 0.2) is 5.43 Å². The minimum Gasteiger partial charge on any atom is -0.494 e. The summed E-state index contributed by atoms with van der Waals surface area (Å²) in [5, 5.41) is 0.470. The molecule has 156 valence electrons. The number of hydrogen-bond acceptors (Lipinski definition) is 5. The lowest BCUT2D eigenvalue weighted by Gasteiger charge is -2.25. The zero-order chi connectivity index (χ0) is 21.1. The normalized spacial score (nSPS) is 15.6. The van der Waals surface area contributed by atoms with Gasteiger partial charge >= 0.3 is 0 Å². The first-order valence-electron chi connectivity index (χ1n) is 10.2. The van der Waals surface area contributed by atoms with E-state index < -0.39 is 6.04 Å². The van der Waals surface area contributed by atoms with Crippen molar-refractivity contribution in [2.75, 3.05) is 26.9 Å². The highest BCUT2D eigenvalue weighted by Gasteiger charge is 2.42. The van der Waals surface area contributed by atoms with E-state index in [2.05, 4.69) is 6.92 Å². The average Bonchev–Trinajstić information content (AvgIpc) is 3.05. The monoisotopic (exact) mass is 407 g/mol. The third-order valence-electron chi connectivity index (χ3n) is 5.35. The maximum absolute atomic E-state index is 13.4. The Morgan fingerprint density at radius 1 is 1.07 bits per heavy atom. The van der Waals surface area contributed by atoms with Gasteiger partial charge in [0.2, 0.25) is 5.76 Å². The summed E-state index contributed by atoms with van der Waals surface area (Å²) in [5.41, 5.74) is 1.43. The predicted octanol–water partition coefficient (Wildman–Crippen LogP) is 4.16. The molecular weight excluding hydrogens is 382 g/mol. The highest BCUT2D eigenvalue weighted by molar-refractivity contribution is 5.99. The Bertz CT molecular complexity index is 1120. The molecule has 0 unspecified atom stereocenters. The van der Waals surface area contributed by atoms with E-state index in [1.165, 1.54) is 0 Å². The molecular formula is C24H25NO5. The molecule has 2 aromatic carbocycles. The molecule has 30 heavy (non-hydrogen) atoms. The van der Waals surface area contributed by atoms with Crippen LogP contribution in [0.5, 0.6) is 5.75 Å². The molecule has 0 radical (unpaired) electrons. The highest BCUT2D eigenvalue weighted by Crippen LogP contribution is 2.38. The fourth-order valence-electron chi connectivity index (χ4n) is 3.84. The molecule has 1 aromatic heterocycles. The largest absolute Gasteiger partial charge is 0.494 e. The van der Waals surface area contributed by atoms with Crippen LogP contribution in [-0.4, -0.2) is 37.7 Å². The molecule has 0 N–H and O–H groups in total. The minimum atomic E-state index is -0.543. The highest BCUT2D eigenvalue weighted by atomic mass is 16.5. The quantitative estimate of drug-likeness (QED) is 0.525. The van der Waals surface area contributed by atoms with Gasteiger partial charge < -0.3 is 18.8 Å². The van der Waals surface area contributed by atoms with E-state index in [1.807, 2.05) is 24.3 Å². The van der Waals surface area contributed by atoms with Crippen LogP contribution in [0.25, 0.3) is 11.0 Å². The number of amides is 1. The lowest BCUT2D eigenvalue weighted by atomic mass is 9.98. The summed E-state index contributed by atoms with van der Waals surface area (Å²) in [5.74, 6) is 0.531. The zero-order valence-electron chi connectivity index (χ0n) is 17.2. The first-order valence-corrected chi connectivity index (χ1v) is 10.2. The van der Waals surface area contributed by atoms with Gasteiger partial charge in [-0.2, -0.15) is 0 Å². The van der Waals surface area contributed by atoms with Crippen LogP contribution in [-0.2, 0) is 4.74 Å². The van der Waals surface area contributed by atoms with Gasteiger partial charge in [0.1, 0.15) is 11.3 Å². The van der Waals surface area contributed by atoms with Gasteiger partial charge in [-0.1, -0.05) is 37.6 Å². The Hall–Kier alpha value is -3.12. The van der Waals surface area contributed by atoms with Crippen LogP contribution in [0, 0.1) is 0 Å². The summed E-state index contributed by atoms with van der Waals surface area (Å²) < 4.78 is 17.0. The number of hydrogen-bond donors (Lipinski definition) is 0. The van der Waals surface area contributed by atoms with Gasteiger partial charge in [-0.05, 0) is 36.2 Å². The van der Waals surface area contributed by atoms with E-state index in [1.54, 1.807) is 36.3 Å². The van der Waals surface area contributed by atoms with Gasteiger partial charge in [-0.3, -0.25) is 9.59 Å². The van der Waals surface area contributed by atoms with Crippen molar-refractivity contribution in [3.8, 4) is 5.75 Å². The van der Waals surface area contributed by atoms with Crippen LogP contribution in [0.1, 0.15) is 47.5 Å². The number of nitrogens with zero attached hydrogens (tertiary/aromatic N) is 1. The second-order valence-electron chi connectivity index (χ2n) is 7.34. The number of para-hydroxylation sites is 1. The van der Waals surface area contributed by atoms with Crippen molar-refractivity contribution >= 4 is 16.9 Å². The Balaban J connectivity index is 1.83. The van der Waals surface area contributed by atoms with Gasteiger partial charge in [0, 0.05) is 13.7 Å². The summed E-state index contributed by atoms with van der Waals surface area (Å²) in [7, 11) is 1.59. The van der Waals surface area contributed by atoms with E-state index in [4.69, 9.17) is 13.9 Å². The molecule has 1 atom stereocenters. The summed E-state index contributed by atoms with van der Waals surface area (Å²) in [6.45, 7) is 3.44. The summed E-state index contributed by atoms with van der Waals surface area (Å²) in [6, 6.07) is 14.1.